The van der Waals surface area contributed by atoms with Crippen LogP contribution in [0.1, 0.15) is 71.1 Å². The van der Waals surface area contributed by atoms with Gasteiger partial charge in [0.1, 0.15) is 5.60 Å². The quantitative estimate of drug-likeness (QED) is 0.773. The van der Waals surface area contributed by atoms with Gasteiger partial charge in [-0.25, -0.2) is 0 Å². The molecular formula is C13H25N3O2. The van der Waals surface area contributed by atoms with Crippen LogP contribution in [0.3, 0.4) is 0 Å². The standard InChI is InChI=1S/C13H25N3O2/c1-5-8-9-10(14)11-15-12(16-18-11)13(4,6-2)17-7-3/h10H,5-9,14H2,1-4H3. The van der Waals surface area contributed by atoms with Gasteiger partial charge in [0.05, 0.1) is 6.04 Å². The lowest BCUT2D eigenvalue weighted by Gasteiger charge is -2.23. The van der Waals surface area contributed by atoms with E-state index in [-0.39, 0.29) is 6.04 Å². The molecule has 5 nitrogen and oxygen atoms in total. The van der Waals surface area contributed by atoms with Crippen molar-refractivity contribution in [1.82, 2.24) is 10.1 Å². The minimum atomic E-state index is -0.485. The van der Waals surface area contributed by atoms with E-state index in [4.69, 9.17) is 15.0 Å². The first-order valence-corrected chi connectivity index (χ1v) is 6.81. The highest BCUT2D eigenvalue weighted by atomic mass is 16.5. The number of hydrogen-bond donors (Lipinski definition) is 1. The number of nitrogens with two attached hydrogens (primary N) is 1. The minimum absolute atomic E-state index is 0.172. The van der Waals surface area contributed by atoms with Crippen molar-refractivity contribution >= 4 is 0 Å². The summed E-state index contributed by atoms with van der Waals surface area (Å²) in [5, 5.41) is 4.02. The highest BCUT2D eigenvalue weighted by Gasteiger charge is 2.31. The normalized spacial score (nSPS) is 16.5. The summed E-state index contributed by atoms with van der Waals surface area (Å²) < 4.78 is 11.0. The fraction of sp³-hybridized carbons (Fsp3) is 0.846. The number of rotatable bonds is 8. The molecule has 0 bridgehead atoms. The van der Waals surface area contributed by atoms with Crippen LogP contribution in [0.15, 0.2) is 4.52 Å². The van der Waals surface area contributed by atoms with Crippen molar-refractivity contribution in [3.8, 4) is 0 Å². The van der Waals surface area contributed by atoms with Gasteiger partial charge in [-0.2, -0.15) is 4.98 Å². The van der Waals surface area contributed by atoms with Crippen molar-refractivity contribution < 1.29 is 9.26 Å². The first-order valence-electron chi connectivity index (χ1n) is 6.81. The number of nitrogens with zero attached hydrogens (tertiary/aromatic N) is 2. The van der Waals surface area contributed by atoms with Crippen molar-refractivity contribution in [3.63, 3.8) is 0 Å². The van der Waals surface area contributed by atoms with Crippen LogP contribution in [-0.4, -0.2) is 16.7 Å². The molecule has 18 heavy (non-hydrogen) atoms. The Labute approximate surface area is 109 Å². The van der Waals surface area contributed by atoms with Crippen LogP contribution in [0.4, 0.5) is 0 Å². The fourth-order valence-corrected chi connectivity index (χ4v) is 1.79. The molecule has 0 aromatic carbocycles. The van der Waals surface area contributed by atoms with Gasteiger partial charge in [0.15, 0.2) is 0 Å². The van der Waals surface area contributed by atoms with Gasteiger partial charge in [-0.3, -0.25) is 0 Å². The van der Waals surface area contributed by atoms with Gasteiger partial charge < -0.3 is 15.0 Å². The lowest BCUT2D eigenvalue weighted by molar-refractivity contribution is -0.0403. The first-order chi connectivity index (χ1) is 8.57. The van der Waals surface area contributed by atoms with Crippen LogP contribution in [0, 0.1) is 0 Å². The van der Waals surface area contributed by atoms with Gasteiger partial charge in [-0.15, -0.1) is 0 Å². The maximum atomic E-state index is 6.02. The predicted octanol–water partition coefficient (Wildman–Crippen LogP) is 2.92. The minimum Gasteiger partial charge on any atom is -0.367 e. The molecule has 1 heterocycles. The Balaban J connectivity index is 2.78. The SMILES string of the molecule is CCCCC(N)c1nc(C(C)(CC)OCC)no1. The molecule has 0 radical (unpaired) electrons. The van der Waals surface area contributed by atoms with E-state index in [1.165, 1.54) is 0 Å². The van der Waals surface area contributed by atoms with Gasteiger partial charge in [-0.05, 0) is 26.7 Å². The molecule has 2 unspecified atom stereocenters. The predicted molar refractivity (Wildman–Crippen MR) is 70.0 cm³/mol. The lowest BCUT2D eigenvalue weighted by atomic mass is 10.0. The molecule has 0 spiro atoms. The molecule has 0 aliphatic carbocycles. The van der Waals surface area contributed by atoms with E-state index in [1.54, 1.807) is 0 Å². The third-order valence-electron chi connectivity index (χ3n) is 3.24. The van der Waals surface area contributed by atoms with Crippen molar-refractivity contribution in [2.24, 2.45) is 5.73 Å². The molecule has 0 aliphatic rings. The summed E-state index contributed by atoms with van der Waals surface area (Å²) in [5.41, 5.74) is 5.53. The number of aromatic nitrogens is 2. The zero-order valence-corrected chi connectivity index (χ0v) is 11.9. The summed E-state index contributed by atoms with van der Waals surface area (Å²) in [6.07, 6.45) is 3.84. The number of hydrogen-bond acceptors (Lipinski definition) is 5. The summed E-state index contributed by atoms with van der Waals surface area (Å²) in [6, 6.07) is -0.172. The first kappa shape index (κ1) is 15.1. The summed E-state index contributed by atoms with van der Waals surface area (Å²) in [4.78, 5) is 4.40. The molecular weight excluding hydrogens is 230 g/mol. The summed E-state index contributed by atoms with van der Waals surface area (Å²) in [7, 11) is 0. The van der Waals surface area contributed by atoms with E-state index in [9.17, 15) is 0 Å². The van der Waals surface area contributed by atoms with E-state index in [2.05, 4.69) is 17.1 Å². The molecule has 104 valence electrons. The van der Waals surface area contributed by atoms with Crippen LogP contribution >= 0.6 is 0 Å². The Hall–Kier alpha value is -0.940. The van der Waals surface area contributed by atoms with Gasteiger partial charge in [0.25, 0.3) is 0 Å². The van der Waals surface area contributed by atoms with Crippen LogP contribution in [0.2, 0.25) is 0 Å². The topological polar surface area (TPSA) is 74.2 Å². The molecule has 0 fully saturated rings. The second-order valence-electron chi connectivity index (χ2n) is 4.72. The smallest absolute Gasteiger partial charge is 0.243 e. The Bertz CT molecular complexity index is 354. The Kier molecular flexibility index (Phi) is 5.75. The molecule has 0 amide bonds. The van der Waals surface area contributed by atoms with Crippen LogP contribution in [0.5, 0.6) is 0 Å². The van der Waals surface area contributed by atoms with E-state index in [0.717, 1.165) is 25.7 Å². The second-order valence-corrected chi connectivity index (χ2v) is 4.72. The van der Waals surface area contributed by atoms with Gasteiger partial charge >= 0.3 is 0 Å². The molecule has 5 heteroatoms. The maximum absolute atomic E-state index is 6.02. The van der Waals surface area contributed by atoms with Crippen molar-refractivity contribution in [2.45, 2.75) is 65.0 Å². The maximum Gasteiger partial charge on any atom is 0.243 e. The fourth-order valence-electron chi connectivity index (χ4n) is 1.79. The van der Waals surface area contributed by atoms with Gasteiger partial charge in [0.2, 0.25) is 11.7 Å². The van der Waals surface area contributed by atoms with Crippen molar-refractivity contribution in [1.29, 1.82) is 0 Å². The highest BCUT2D eigenvalue weighted by molar-refractivity contribution is 5.01. The highest BCUT2D eigenvalue weighted by Crippen LogP contribution is 2.27. The van der Waals surface area contributed by atoms with Crippen molar-refractivity contribution in [2.75, 3.05) is 6.61 Å². The molecule has 2 atom stereocenters. The Morgan fingerprint density at radius 1 is 1.39 bits per heavy atom. The summed E-state index contributed by atoms with van der Waals surface area (Å²) in [6.45, 7) is 8.73. The largest absolute Gasteiger partial charge is 0.367 e. The van der Waals surface area contributed by atoms with E-state index in [1.807, 2.05) is 20.8 Å². The Morgan fingerprint density at radius 3 is 2.67 bits per heavy atom. The Morgan fingerprint density at radius 2 is 2.11 bits per heavy atom. The molecule has 1 aromatic heterocycles. The zero-order chi connectivity index (χ0) is 13.6. The van der Waals surface area contributed by atoms with Crippen molar-refractivity contribution in [3.05, 3.63) is 11.7 Å². The van der Waals surface area contributed by atoms with Crippen LogP contribution in [0.25, 0.3) is 0 Å². The van der Waals surface area contributed by atoms with Crippen LogP contribution < -0.4 is 5.73 Å². The molecule has 0 saturated heterocycles. The zero-order valence-electron chi connectivity index (χ0n) is 11.9. The van der Waals surface area contributed by atoms with E-state index in [0.29, 0.717) is 18.3 Å². The molecule has 1 aromatic rings. The monoisotopic (exact) mass is 255 g/mol. The number of unbranched alkanes of at least 4 members (excludes halogenated alkanes) is 1. The molecule has 2 N–H and O–H groups in total. The summed E-state index contributed by atoms with van der Waals surface area (Å²) in [5.74, 6) is 1.10. The van der Waals surface area contributed by atoms with E-state index < -0.39 is 5.60 Å². The van der Waals surface area contributed by atoms with Gasteiger partial charge in [0, 0.05) is 6.61 Å². The lowest BCUT2D eigenvalue weighted by Crippen LogP contribution is -2.26. The van der Waals surface area contributed by atoms with Gasteiger partial charge in [-0.1, -0.05) is 31.8 Å². The average Bonchev–Trinajstić information content (AvgIpc) is 2.86. The average molecular weight is 255 g/mol. The van der Waals surface area contributed by atoms with Crippen LogP contribution in [-0.2, 0) is 10.3 Å². The summed E-state index contributed by atoms with van der Waals surface area (Å²) >= 11 is 0. The third kappa shape index (κ3) is 3.53. The molecule has 0 saturated carbocycles. The van der Waals surface area contributed by atoms with E-state index >= 15 is 0 Å². The number of ether oxygens (including phenoxy) is 1. The molecule has 1 rings (SSSR count). The molecule has 0 aliphatic heterocycles. The second kappa shape index (κ2) is 6.85. The third-order valence-corrected chi connectivity index (χ3v) is 3.24.